The summed E-state index contributed by atoms with van der Waals surface area (Å²) in [6.45, 7) is 2.24. The van der Waals surface area contributed by atoms with Crippen LogP contribution in [0.2, 0.25) is 0 Å². The van der Waals surface area contributed by atoms with Gasteiger partial charge in [-0.3, -0.25) is 0 Å². The quantitative estimate of drug-likeness (QED) is 0.803. The Bertz CT molecular complexity index is 472. The summed E-state index contributed by atoms with van der Waals surface area (Å²) in [4.78, 5) is 0. The van der Waals surface area contributed by atoms with E-state index in [1.165, 1.54) is 12.8 Å². The molecule has 2 aromatic rings. The van der Waals surface area contributed by atoms with Crippen molar-refractivity contribution in [2.75, 3.05) is 13.1 Å². The molecule has 16 heavy (non-hydrogen) atoms. The summed E-state index contributed by atoms with van der Waals surface area (Å²) in [5.74, 6) is 1.71. The van der Waals surface area contributed by atoms with Crippen molar-refractivity contribution in [2.24, 2.45) is 5.92 Å². The Morgan fingerprint density at radius 1 is 1.31 bits per heavy atom. The predicted octanol–water partition coefficient (Wildman–Crippen LogP) is 0.666. The largest absolute Gasteiger partial charge is 0.317 e. The van der Waals surface area contributed by atoms with Crippen molar-refractivity contribution in [1.29, 1.82) is 0 Å². The van der Waals surface area contributed by atoms with Gasteiger partial charge in [0, 0.05) is 12.6 Å². The Balaban J connectivity index is 1.83. The minimum Gasteiger partial charge on any atom is -0.317 e. The molecular weight excluding hydrogens is 202 g/mol. The third-order valence-corrected chi connectivity index (χ3v) is 3.17. The Morgan fingerprint density at radius 2 is 2.19 bits per heavy atom. The Kier molecular flexibility index (Phi) is 2.53. The van der Waals surface area contributed by atoms with Crippen molar-refractivity contribution in [3.63, 3.8) is 0 Å². The van der Waals surface area contributed by atoms with E-state index < -0.39 is 0 Å². The van der Waals surface area contributed by atoms with Gasteiger partial charge in [0.25, 0.3) is 0 Å². The smallest absolute Gasteiger partial charge is 0.177 e. The van der Waals surface area contributed by atoms with E-state index in [9.17, 15) is 0 Å². The van der Waals surface area contributed by atoms with Crippen LogP contribution in [-0.2, 0) is 6.42 Å². The van der Waals surface area contributed by atoms with Crippen LogP contribution in [0.4, 0.5) is 0 Å². The van der Waals surface area contributed by atoms with E-state index in [1.54, 1.807) is 6.20 Å². The van der Waals surface area contributed by atoms with E-state index >= 15 is 0 Å². The molecule has 1 aliphatic rings. The van der Waals surface area contributed by atoms with Gasteiger partial charge in [-0.05, 0) is 44.0 Å². The molecule has 3 heterocycles. The first-order valence-corrected chi connectivity index (χ1v) is 5.79. The zero-order chi connectivity index (χ0) is 10.8. The highest BCUT2D eigenvalue weighted by Crippen LogP contribution is 2.16. The van der Waals surface area contributed by atoms with Crippen molar-refractivity contribution in [3.8, 4) is 0 Å². The number of fused-ring (bicyclic) bond motifs is 1. The number of hydrogen-bond acceptors (Lipinski definition) is 4. The average Bonchev–Trinajstić information content (AvgIpc) is 2.74. The van der Waals surface area contributed by atoms with Crippen LogP contribution in [0.5, 0.6) is 0 Å². The Labute approximate surface area is 93.9 Å². The number of nitrogens with zero attached hydrogens (tertiary/aromatic N) is 4. The number of nitrogens with one attached hydrogen (secondary N) is 1. The van der Waals surface area contributed by atoms with Gasteiger partial charge < -0.3 is 5.32 Å². The molecule has 1 aliphatic heterocycles. The number of aromatic nitrogens is 4. The van der Waals surface area contributed by atoms with Gasteiger partial charge in [0.2, 0.25) is 0 Å². The van der Waals surface area contributed by atoms with Crippen LogP contribution in [0, 0.1) is 5.92 Å². The van der Waals surface area contributed by atoms with E-state index in [-0.39, 0.29) is 0 Å². The first-order chi connectivity index (χ1) is 7.93. The summed E-state index contributed by atoms with van der Waals surface area (Å²) >= 11 is 0. The van der Waals surface area contributed by atoms with Crippen molar-refractivity contribution < 1.29 is 0 Å². The van der Waals surface area contributed by atoms with Gasteiger partial charge in [0.05, 0.1) is 0 Å². The fourth-order valence-corrected chi connectivity index (χ4v) is 2.26. The molecule has 5 heteroatoms. The first-order valence-electron chi connectivity index (χ1n) is 5.79. The molecule has 84 valence electrons. The molecule has 0 saturated carbocycles. The van der Waals surface area contributed by atoms with E-state index in [0.717, 1.165) is 36.9 Å². The summed E-state index contributed by atoms with van der Waals surface area (Å²) in [5.41, 5.74) is 0.839. The summed E-state index contributed by atoms with van der Waals surface area (Å²) < 4.78 is 1.85. The maximum atomic E-state index is 4.28. The van der Waals surface area contributed by atoms with Crippen LogP contribution >= 0.6 is 0 Å². The standard InChI is InChI=1S/C11H15N5/c1-2-10-14-15-11(16(10)13-5-1)8-9-3-6-12-7-4-9/h1-2,5,9,12H,3-4,6-8H2. The lowest BCUT2D eigenvalue weighted by molar-refractivity contribution is 0.365. The van der Waals surface area contributed by atoms with Crippen LogP contribution in [-0.4, -0.2) is 32.9 Å². The minimum absolute atomic E-state index is 0.718. The van der Waals surface area contributed by atoms with Gasteiger partial charge >= 0.3 is 0 Å². The second-order valence-corrected chi connectivity index (χ2v) is 4.31. The predicted molar refractivity (Wildman–Crippen MR) is 60.1 cm³/mol. The normalized spacial score (nSPS) is 18.0. The fraction of sp³-hybridized carbons (Fsp3) is 0.545. The van der Waals surface area contributed by atoms with E-state index in [2.05, 4.69) is 20.6 Å². The van der Waals surface area contributed by atoms with E-state index in [0.29, 0.717) is 0 Å². The van der Waals surface area contributed by atoms with Gasteiger partial charge in [-0.2, -0.15) is 9.61 Å². The van der Waals surface area contributed by atoms with Crippen molar-refractivity contribution >= 4 is 5.65 Å². The molecule has 3 rings (SSSR count). The molecule has 1 fully saturated rings. The van der Waals surface area contributed by atoms with E-state index in [4.69, 9.17) is 0 Å². The molecule has 0 bridgehead atoms. The zero-order valence-electron chi connectivity index (χ0n) is 9.13. The second kappa shape index (κ2) is 4.17. The second-order valence-electron chi connectivity index (χ2n) is 4.31. The SMILES string of the molecule is c1cnn2c(CC3CCNCC3)nnc2c1. The third kappa shape index (κ3) is 1.78. The molecule has 5 nitrogen and oxygen atoms in total. The van der Waals surface area contributed by atoms with Crippen molar-refractivity contribution in [2.45, 2.75) is 19.3 Å². The van der Waals surface area contributed by atoms with Crippen LogP contribution in [0.25, 0.3) is 5.65 Å². The van der Waals surface area contributed by atoms with E-state index in [1.807, 2.05) is 16.6 Å². The summed E-state index contributed by atoms with van der Waals surface area (Å²) in [6, 6.07) is 3.82. The molecule has 1 N–H and O–H groups in total. The molecule has 0 aromatic carbocycles. The fourth-order valence-electron chi connectivity index (χ4n) is 2.26. The molecule has 0 aliphatic carbocycles. The highest BCUT2D eigenvalue weighted by molar-refractivity contribution is 5.34. The molecule has 0 radical (unpaired) electrons. The van der Waals surface area contributed by atoms with Crippen molar-refractivity contribution in [1.82, 2.24) is 25.1 Å². The number of piperidine rings is 1. The molecule has 1 saturated heterocycles. The maximum Gasteiger partial charge on any atom is 0.177 e. The van der Waals surface area contributed by atoms with Gasteiger partial charge in [-0.25, -0.2) is 0 Å². The Hall–Kier alpha value is -1.49. The lowest BCUT2D eigenvalue weighted by Crippen LogP contribution is -2.29. The van der Waals surface area contributed by atoms with Crippen LogP contribution in [0.1, 0.15) is 18.7 Å². The highest BCUT2D eigenvalue weighted by atomic mass is 15.4. The van der Waals surface area contributed by atoms with Gasteiger partial charge in [0.15, 0.2) is 11.5 Å². The maximum absolute atomic E-state index is 4.28. The van der Waals surface area contributed by atoms with Gasteiger partial charge in [0.1, 0.15) is 0 Å². The topological polar surface area (TPSA) is 55.1 Å². The monoisotopic (exact) mass is 217 g/mol. The summed E-state index contributed by atoms with van der Waals surface area (Å²) in [5, 5.41) is 16.0. The lowest BCUT2D eigenvalue weighted by atomic mass is 9.94. The van der Waals surface area contributed by atoms with Crippen LogP contribution < -0.4 is 5.32 Å². The van der Waals surface area contributed by atoms with Crippen molar-refractivity contribution in [3.05, 3.63) is 24.2 Å². The highest BCUT2D eigenvalue weighted by Gasteiger charge is 2.16. The molecular formula is C11H15N5. The van der Waals surface area contributed by atoms with Gasteiger partial charge in [-0.15, -0.1) is 10.2 Å². The average molecular weight is 217 g/mol. The Morgan fingerprint density at radius 3 is 3.06 bits per heavy atom. The summed E-state index contributed by atoms with van der Waals surface area (Å²) in [6.07, 6.45) is 5.21. The van der Waals surface area contributed by atoms with Crippen LogP contribution in [0.3, 0.4) is 0 Å². The third-order valence-electron chi connectivity index (χ3n) is 3.17. The molecule has 0 atom stereocenters. The molecule has 0 spiro atoms. The molecule has 0 unspecified atom stereocenters. The van der Waals surface area contributed by atoms with Gasteiger partial charge in [-0.1, -0.05) is 0 Å². The van der Waals surface area contributed by atoms with Crippen LogP contribution in [0.15, 0.2) is 18.3 Å². The zero-order valence-corrected chi connectivity index (χ0v) is 9.13. The number of hydrogen-bond donors (Lipinski definition) is 1. The summed E-state index contributed by atoms with van der Waals surface area (Å²) in [7, 11) is 0. The molecule has 0 amide bonds. The molecule has 2 aromatic heterocycles. The minimum atomic E-state index is 0.718. The lowest BCUT2D eigenvalue weighted by Gasteiger charge is -2.21. The first kappa shape index (κ1) is 9.72. The number of rotatable bonds is 2.